The number of halogens is 1. The van der Waals surface area contributed by atoms with Gasteiger partial charge in [-0.1, -0.05) is 12.1 Å². The molecule has 2 rings (SSSR count). The highest BCUT2D eigenvalue weighted by Crippen LogP contribution is 2.29. The number of aliphatic hydroxyl groups excluding tert-OH is 1. The molecular formula is C15H16FNO3. The third-order valence-corrected chi connectivity index (χ3v) is 2.87. The van der Waals surface area contributed by atoms with Gasteiger partial charge in [0.25, 0.3) is 0 Å². The molecule has 0 bridgehead atoms. The summed E-state index contributed by atoms with van der Waals surface area (Å²) in [4.78, 5) is 0. The largest absolute Gasteiger partial charge is 0.493 e. The first-order chi connectivity index (χ1) is 9.63. The van der Waals surface area contributed by atoms with Crippen LogP contribution in [0.5, 0.6) is 11.5 Å². The number of nitrogen functional groups attached to an aromatic ring is 1. The zero-order valence-electron chi connectivity index (χ0n) is 11.1. The molecule has 106 valence electrons. The minimum absolute atomic E-state index is 0.0704. The highest BCUT2D eigenvalue weighted by Gasteiger charge is 2.08. The second kappa shape index (κ2) is 6.25. The Morgan fingerprint density at radius 1 is 1.15 bits per heavy atom. The molecular weight excluding hydrogens is 261 g/mol. The van der Waals surface area contributed by atoms with E-state index >= 15 is 0 Å². The number of hydrogen-bond acceptors (Lipinski definition) is 4. The van der Waals surface area contributed by atoms with Crippen LogP contribution in [-0.4, -0.2) is 12.2 Å². The van der Waals surface area contributed by atoms with Crippen LogP contribution in [0.15, 0.2) is 36.4 Å². The van der Waals surface area contributed by atoms with Gasteiger partial charge in [-0.25, -0.2) is 4.39 Å². The Morgan fingerprint density at radius 3 is 2.60 bits per heavy atom. The standard InChI is InChI=1S/C15H16FNO3/c1-19-15-6-10(8-18)2-5-14(15)20-9-11-3-4-12(17)7-13(11)16/h2-7,18H,8-9,17H2,1H3. The molecule has 0 heterocycles. The normalized spacial score (nSPS) is 10.3. The number of aliphatic hydroxyl groups is 1. The van der Waals surface area contributed by atoms with Crippen LogP contribution in [-0.2, 0) is 13.2 Å². The van der Waals surface area contributed by atoms with E-state index in [0.29, 0.717) is 28.3 Å². The molecule has 0 unspecified atom stereocenters. The van der Waals surface area contributed by atoms with E-state index in [1.165, 1.54) is 13.2 Å². The van der Waals surface area contributed by atoms with Crippen molar-refractivity contribution in [3.8, 4) is 11.5 Å². The van der Waals surface area contributed by atoms with Crippen molar-refractivity contribution in [3.05, 3.63) is 53.3 Å². The van der Waals surface area contributed by atoms with Crippen molar-refractivity contribution in [2.75, 3.05) is 12.8 Å². The topological polar surface area (TPSA) is 64.7 Å². The fraction of sp³-hybridized carbons (Fsp3) is 0.200. The maximum absolute atomic E-state index is 13.6. The second-order valence-corrected chi connectivity index (χ2v) is 4.28. The summed E-state index contributed by atoms with van der Waals surface area (Å²) < 4.78 is 24.4. The van der Waals surface area contributed by atoms with E-state index in [-0.39, 0.29) is 13.2 Å². The van der Waals surface area contributed by atoms with Crippen LogP contribution in [0.3, 0.4) is 0 Å². The highest BCUT2D eigenvalue weighted by atomic mass is 19.1. The molecule has 2 aromatic carbocycles. The first-order valence-corrected chi connectivity index (χ1v) is 6.08. The van der Waals surface area contributed by atoms with Crippen molar-refractivity contribution in [1.29, 1.82) is 0 Å². The molecule has 3 N–H and O–H groups in total. The van der Waals surface area contributed by atoms with E-state index in [1.54, 1.807) is 30.3 Å². The van der Waals surface area contributed by atoms with Gasteiger partial charge in [-0.2, -0.15) is 0 Å². The smallest absolute Gasteiger partial charge is 0.161 e. The van der Waals surface area contributed by atoms with Gasteiger partial charge in [0, 0.05) is 11.3 Å². The Hall–Kier alpha value is -2.27. The van der Waals surface area contributed by atoms with Gasteiger partial charge < -0.3 is 20.3 Å². The Balaban J connectivity index is 2.14. The molecule has 0 fully saturated rings. The molecule has 0 saturated carbocycles. The van der Waals surface area contributed by atoms with E-state index in [0.717, 1.165) is 0 Å². The van der Waals surface area contributed by atoms with Gasteiger partial charge in [0.15, 0.2) is 11.5 Å². The molecule has 0 atom stereocenters. The van der Waals surface area contributed by atoms with Crippen molar-refractivity contribution in [2.24, 2.45) is 0 Å². The summed E-state index contributed by atoms with van der Waals surface area (Å²) in [5.74, 6) is 0.573. The van der Waals surface area contributed by atoms with Crippen LogP contribution in [0, 0.1) is 5.82 Å². The third kappa shape index (κ3) is 3.19. The van der Waals surface area contributed by atoms with Gasteiger partial charge in [0.1, 0.15) is 12.4 Å². The zero-order valence-corrected chi connectivity index (χ0v) is 11.1. The van der Waals surface area contributed by atoms with E-state index in [9.17, 15) is 4.39 Å². The van der Waals surface area contributed by atoms with Gasteiger partial charge >= 0.3 is 0 Å². The SMILES string of the molecule is COc1cc(CO)ccc1OCc1ccc(N)cc1F. The Kier molecular flexibility index (Phi) is 4.42. The lowest BCUT2D eigenvalue weighted by Gasteiger charge is -2.12. The van der Waals surface area contributed by atoms with Gasteiger partial charge in [-0.05, 0) is 29.8 Å². The summed E-state index contributed by atoms with van der Waals surface area (Å²) in [5, 5.41) is 9.06. The maximum atomic E-state index is 13.6. The summed E-state index contributed by atoms with van der Waals surface area (Å²) in [7, 11) is 1.51. The second-order valence-electron chi connectivity index (χ2n) is 4.28. The first-order valence-electron chi connectivity index (χ1n) is 6.08. The van der Waals surface area contributed by atoms with Crippen molar-refractivity contribution < 1.29 is 19.0 Å². The van der Waals surface area contributed by atoms with Crippen LogP contribution >= 0.6 is 0 Å². The molecule has 0 aliphatic rings. The van der Waals surface area contributed by atoms with Gasteiger partial charge in [0.05, 0.1) is 13.7 Å². The lowest BCUT2D eigenvalue weighted by Crippen LogP contribution is -2.01. The van der Waals surface area contributed by atoms with Crippen LogP contribution in [0.2, 0.25) is 0 Å². The summed E-state index contributed by atoms with van der Waals surface area (Å²) in [6.45, 7) is -0.00975. The predicted octanol–water partition coefficient (Wildman–Crippen LogP) is 2.49. The number of rotatable bonds is 5. The van der Waals surface area contributed by atoms with Crippen LogP contribution in [0.1, 0.15) is 11.1 Å². The number of methoxy groups -OCH3 is 1. The van der Waals surface area contributed by atoms with Gasteiger partial charge in [-0.3, -0.25) is 0 Å². The number of benzene rings is 2. The van der Waals surface area contributed by atoms with E-state index in [2.05, 4.69) is 0 Å². The minimum Gasteiger partial charge on any atom is -0.493 e. The Labute approximate surface area is 116 Å². The fourth-order valence-corrected chi connectivity index (χ4v) is 1.77. The molecule has 5 heteroatoms. The summed E-state index contributed by atoms with van der Waals surface area (Å²) in [6.07, 6.45) is 0. The quantitative estimate of drug-likeness (QED) is 0.824. The zero-order chi connectivity index (χ0) is 14.5. The van der Waals surface area contributed by atoms with E-state index in [4.69, 9.17) is 20.3 Å². The molecule has 0 aromatic heterocycles. The van der Waals surface area contributed by atoms with E-state index in [1.807, 2.05) is 0 Å². The number of anilines is 1. The molecule has 20 heavy (non-hydrogen) atoms. The lowest BCUT2D eigenvalue weighted by molar-refractivity contribution is 0.272. The Morgan fingerprint density at radius 2 is 1.95 bits per heavy atom. The molecule has 0 amide bonds. The average molecular weight is 277 g/mol. The van der Waals surface area contributed by atoms with Crippen molar-refractivity contribution >= 4 is 5.69 Å². The number of hydrogen-bond donors (Lipinski definition) is 2. The molecule has 0 aliphatic carbocycles. The first kappa shape index (κ1) is 14.1. The van der Waals surface area contributed by atoms with Crippen molar-refractivity contribution in [2.45, 2.75) is 13.2 Å². The molecule has 0 spiro atoms. The van der Waals surface area contributed by atoms with Crippen molar-refractivity contribution in [1.82, 2.24) is 0 Å². The molecule has 2 aromatic rings. The minimum atomic E-state index is -0.407. The molecule has 4 nitrogen and oxygen atoms in total. The average Bonchev–Trinajstić information content (AvgIpc) is 2.46. The summed E-state index contributed by atoms with van der Waals surface area (Å²) >= 11 is 0. The maximum Gasteiger partial charge on any atom is 0.161 e. The molecule has 0 saturated heterocycles. The summed E-state index contributed by atoms with van der Waals surface area (Å²) in [5.41, 5.74) is 6.98. The predicted molar refractivity (Wildman–Crippen MR) is 74.1 cm³/mol. The number of ether oxygens (including phenoxy) is 2. The fourth-order valence-electron chi connectivity index (χ4n) is 1.77. The number of nitrogens with two attached hydrogens (primary N) is 1. The van der Waals surface area contributed by atoms with Crippen LogP contribution in [0.4, 0.5) is 10.1 Å². The third-order valence-electron chi connectivity index (χ3n) is 2.87. The van der Waals surface area contributed by atoms with Crippen molar-refractivity contribution in [3.63, 3.8) is 0 Å². The van der Waals surface area contributed by atoms with Gasteiger partial charge in [0.2, 0.25) is 0 Å². The van der Waals surface area contributed by atoms with Crippen LogP contribution < -0.4 is 15.2 Å². The van der Waals surface area contributed by atoms with E-state index < -0.39 is 5.82 Å². The van der Waals surface area contributed by atoms with Crippen LogP contribution in [0.25, 0.3) is 0 Å². The Bertz CT molecular complexity index is 602. The monoisotopic (exact) mass is 277 g/mol. The molecule has 0 radical (unpaired) electrons. The van der Waals surface area contributed by atoms with Gasteiger partial charge in [-0.15, -0.1) is 0 Å². The lowest BCUT2D eigenvalue weighted by atomic mass is 10.2. The highest BCUT2D eigenvalue weighted by molar-refractivity contribution is 5.43. The summed E-state index contributed by atoms with van der Waals surface area (Å²) in [6, 6.07) is 9.53. The molecule has 0 aliphatic heterocycles.